The second-order valence-electron chi connectivity index (χ2n) is 5.80. The second kappa shape index (κ2) is 4.29. The molecule has 0 aliphatic rings. The van der Waals surface area contributed by atoms with Crippen LogP contribution in [0.5, 0.6) is 0 Å². The lowest BCUT2D eigenvalue weighted by Gasteiger charge is -2.08. The highest BCUT2D eigenvalue weighted by atomic mass is 16.4. The van der Waals surface area contributed by atoms with E-state index in [1.54, 1.807) is 28.7 Å². The summed E-state index contributed by atoms with van der Waals surface area (Å²) in [6.07, 6.45) is 0. The molecule has 5 rings (SSSR count). The van der Waals surface area contributed by atoms with Gasteiger partial charge in [-0.25, -0.2) is 9.78 Å². The van der Waals surface area contributed by atoms with Crippen molar-refractivity contribution >= 4 is 44.2 Å². The number of carboxylic acid groups (broad SMARTS) is 1. The lowest BCUT2D eigenvalue weighted by molar-refractivity contribution is 0.0697. The first-order valence-corrected chi connectivity index (χ1v) is 7.48. The predicted molar refractivity (Wildman–Crippen MR) is 92.1 cm³/mol. The first-order chi connectivity index (χ1) is 11.6. The van der Waals surface area contributed by atoms with Gasteiger partial charge in [0.2, 0.25) is 0 Å². The van der Waals surface area contributed by atoms with Gasteiger partial charge in [-0.05, 0) is 35.7 Å². The Kier molecular flexibility index (Phi) is 2.33. The topological polar surface area (TPSA) is 71.7 Å². The van der Waals surface area contributed by atoms with Crippen LogP contribution in [-0.2, 0) is 0 Å². The summed E-state index contributed by atoms with van der Waals surface area (Å²) in [5.41, 5.74) is 1.97. The minimum absolute atomic E-state index is 0.139. The maximum atomic E-state index is 13.0. The molecule has 0 spiro atoms. The van der Waals surface area contributed by atoms with Gasteiger partial charge in [0.15, 0.2) is 0 Å². The molecular weight excluding hydrogens is 304 g/mol. The number of benzene rings is 3. The van der Waals surface area contributed by atoms with Crippen LogP contribution < -0.4 is 5.56 Å². The standard InChI is InChI=1S/C19H10N2O3/c22-18-12-5-3-4-10-8-11(19(23)24)9-13(16(10)12)17-20-14-6-1-2-7-15(14)21(17)18/h1-9H,(H,23,24). The Morgan fingerprint density at radius 2 is 1.83 bits per heavy atom. The van der Waals surface area contributed by atoms with Crippen molar-refractivity contribution in [3.05, 3.63) is 70.5 Å². The van der Waals surface area contributed by atoms with E-state index in [9.17, 15) is 14.7 Å². The number of hydrogen-bond donors (Lipinski definition) is 1. The number of carbonyl (C=O) groups is 1. The van der Waals surface area contributed by atoms with Crippen LogP contribution in [0.2, 0.25) is 0 Å². The van der Waals surface area contributed by atoms with E-state index in [-0.39, 0.29) is 11.1 Å². The van der Waals surface area contributed by atoms with Gasteiger partial charge in [-0.2, -0.15) is 0 Å². The molecule has 5 heteroatoms. The zero-order valence-electron chi connectivity index (χ0n) is 12.4. The summed E-state index contributed by atoms with van der Waals surface area (Å²) in [7, 11) is 0. The smallest absolute Gasteiger partial charge is 0.335 e. The molecule has 24 heavy (non-hydrogen) atoms. The summed E-state index contributed by atoms with van der Waals surface area (Å²) in [6.45, 7) is 0. The molecule has 5 aromatic rings. The van der Waals surface area contributed by atoms with Gasteiger partial charge in [-0.1, -0.05) is 24.3 Å². The lowest BCUT2D eigenvalue weighted by Crippen LogP contribution is -2.13. The van der Waals surface area contributed by atoms with Gasteiger partial charge < -0.3 is 5.11 Å². The van der Waals surface area contributed by atoms with E-state index in [1.807, 2.05) is 30.3 Å². The molecular formula is C19H10N2O3. The summed E-state index contributed by atoms with van der Waals surface area (Å²) < 4.78 is 1.57. The molecule has 3 aromatic carbocycles. The van der Waals surface area contributed by atoms with Crippen molar-refractivity contribution in [1.82, 2.24) is 9.38 Å². The third kappa shape index (κ3) is 1.50. The molecule has 2 aromatic heterocycles. The van der Waals surface area contributed by atoms with Gasteiger partial charge in [0.1, 0.15) is 5.65 Å². The van der Waals surface area contributed by atoms with Crippen molar-refractivity contribution in [3.63, 3.8) is 0 Å². The summed E-state index contributed by atoms with van der Waals surface area (Å²) in [5, 5.41) is 12.1. The van der Waals surface area contributed by atoms with Gasteiger partial charge >= 0.3 is 5.97 Å². The highest BCUT2D eigenvalue weighted by Gasteiger charge is 2.17. The molecule has 0 unspecified atom stereocenters. The van der Waals surface area contributed by atoms with Gasteiger partial charge in [-0.3, -0.25) is 9.20 Å². The highest BCUT2D eigenvalue weighted by Crippen LogP contribution is 2.30. The zero-order chi connectivity index (χ0) is 16.4. The van der Waals surface area contributed by atoms with Crippen LogP contribution >= 0.6 is 0 Å². The summed E-state index contributed by atoms with van der Waals surface area (Å²) in [6, 6.07) is 16.0. The molecule has 5 nitrogen and oxygen atoms in total. The van der Waals surface area contributed by atoms with Crippen molar-refractivity contribution < 1.29 is 9.90 Å². The van der Waals surface area contributed by atoms with Crippen LogP contribution in [0.3, 0.4) is 0 Å². The van der Waals surface area contributed by atoms with Crippen molar-refractivity contribution in [3.8, 4) is 0 Å². The number of hydrogen-bond acceptors (Lipinski definition) is 3. The number of carboxylic acids is 1. The van der Waals surface area contributed by atoms with Crippen LogP contribution in [0.25, 0.3) is 38.2 Å². The number of nitrogens with zero attached hydrogens (tertiary/aromatic N) is 2. The zero-order valence-corrected chi connectivity index (χ0v) is 12.4. The molecule has 0 atom stereocenters. The molecule has 0 aliphatic heterocycles. The molecule has 1 N–H and O–H groups in total. The fourth-order valence-corrected chi connectivity index (χ4v) is 3.44. The van der Waals surface area contributed by atoms with E-state index in [4.69, 9.17) is 0 Å². The first-order valence-electron chi connectivity index (χ1n) is 7.48. The number of rotatable bonds is 1. The normalized spacial score (nSPS) is 11.8. The number of aromatic nitrogens is 2. The Morgan fingerprint density at radius 3 is 2.67 bits per heavy atom. The Bertz CT molecular complexity index is 1350. The average molecular weight is 314 g/mol. The fraction of sp³-hybridized carbons (Fsp3) is 0. The maximum Gasteiger partial charge on any atom is 0.335 e. The van der Waals surface area contributed by atoms with Crippen molar-refractivity contribution in [1.29, 1.82) is 0 Å². The van der Waals surface area contributed by atoms with Crippen molar-refractivity contribution in [2.45, 2.75) is 0 Å². The minimum Gasteiger partial charge on any atom is -0.478 e. The van der Waals surface area contributed by atoms with Gasteiger partial charge in [0.25, 0.3) is 5.56 Å². The number of fused-ring (bicyclic) bond motifs is 4. The highest BCUT2D eigenvalue weighted by molar-refractivity contribution is 6.17. The molecule has 0 bridgehead atoms. The molecule has 0 saturated heterocycles. The molecule has 2 heterocycles. The summed E-state index contributed by atoms with van der Waals surface area (Å²) >= 11 is 0. The van der Waals surface area contributed by atoms with Gasteiger partial charge in [0.05, 0.1) is 16.6 Å². The third-order valence-electron chi connectivity index (χ3n) is 4.46. The molecule has 0 amide bonds. The quantitative estimate of drug-likeness (QED) is 0.515. The minimum atomic E-state index is -1.00. The van der Waals surface area contributed by atoms with Gasteiger partial charge in [0, 0.05) is 16.2 Å². The summed E-state index contributed by atoms with van der Waals surface area (Å²) in [5.74, 6) is -1.00. The maximum absolute atomic E-state index is 13.0. The fourth-order valence-electron chi connectivity index (χ4n) is 3.44. The van der Waals surface area contributed by atoms with E-state index in [0.29, 0.717) is 21.9 Å². The average Bonchev–Trinajstić information content (AvgIpc) is 2.98. The van der Waals surface area contributed by atoms with Crippen LogP contribution in [0.4, 0.5) is 0 Å². The van der Waals surface area contributed by atoms with E-state index in [2.05, 4.69) is 4.98 Å². The Hall–Kier alpha value is -3.47. The molecule has 0 fully saturated rings. The number of imidazole rings is 1. The first kappa shape index (κ1) is 13.0. The Labute approximate surface area is 134 Å². The van der Waals surface area contributed by atoms with Crippen LogP contribution in [0.15, 0.2) is 59.4 Å². The van der Waals surface area contributed by atoms with E-state index in [0.717, 1.165) is 16.3 Å². The van der Waals surface area contributed by atoms with Crippen LogP contribution in [0, 0.1) is 0 Å². The van der Waals surface area contributed by atoms with Crippen molar-refractivity contribution in [2.75, 3.05) is 0 Å². The van der Waals surface area contributed by atoms with E-state index in [1.165, 1.54) is 0 Å². The number of para-hydroxylation sites is 2. The Morgan fingerprint density at radius 1 is 1.00 bits per heavy atom. The Balaban J connectivity index is 2.19. The predicted octanol–water partition coefficient (Wildman–Crippen LogP) is 3.29. The van der Waals surface area contributed by atoms with Crippen LogP contribution in [-0.4, -0.2) is 20.5 Å². The van der Waals surface area contributed by atoms with Crippen molar-refractivity contribution in [2.24, 2.45) is 0 Å². The van der Waals surface area contributed by atoms with E-state index < -0.39 is 5.97 Å². The molecule has 0 saturated carbocycles. The monoisotopic (exact) mass is 314 g/mol. The molecule has 0 aliphatic carbocycles. The lowest BCUT2D eigenvalue weighted by atomic mass is 9.99. The second-order valence-corrected chi connectivity index (χ2v) is 5.80. The summed E-state index contributed by atoms with van der Waals surface area (Å²) in [4.78, 5) is 29.0. The van der Waals surface area contributed by atoms with Crippen LogP contribution in [0.1, 0.15) is 10.4 Å². The van der Waals surface area contributed by atoms with E-state index >= 15 is 0 Å². The largest absolute Gasteiger partial charge is 0.478 e. The number of aromatic carboxylic acids is 1. The number of pyridine rings is 1. The van der Waals surface area contributed by atoms with Gasteiger partial charge in [-0.15, -0.1) is 0 Å². The molecule has 0 radical (unpaired) electrons. The third-order valence-corrected chi connectivity index (χ3v) is 4.46. The molecule has 114 valence electrons. The SMILES string of the molecule is O=C(O)c1cc2cccc3c(=O)n4c5ccccc5nc4c(c1)c23.